The molecule has 0 aliphatic rings. The molecule has 0 amide bonds. The summed E-state index contributed by atoms with van der Waals surface area (Å²) < 4.78 is 0. The van der Waals surface area contributed by atoms with Gasteiger partial charge in [-0.3, -0.25) is 14.8 Å². The van der Waals surface area contributed by atoms with E-state index in [1.54, 1.807) is 24.5 Å². The monoisotopic (exact) mass is 373 g/mol. The molecule has 0 unspecified atom stereocenters. The van der Waals surface area contributed by atoms with Crippen LogP contribution in [0.5, 0.6) is 0 Å². The molecule has 4 heteroatoms. The van der Waals surface area contributed by atoms with Crippen LogP contribution in [-0.4, -0.2) is 16.3 Å². The van der Waals surface area contributed by atoms with Gasteiger partial charge >= 0.3 is 0 Å². The number of aldehydes is 1. The highest BCUT2D eigenvalue weighted by molar-refractivity contribution is 5.86. The Balaban J connectivity index is 0.000000449. The Kier molecular flexibility index (Phi) is 10.2. The molecule has 0 fully saturated rings. The van der Waals surface area contributed by atoms with Crippen molar-refractivity contribution in [2.75, 3.05) is 0 Å². The van der Waals surface area contributed by atoms with Crippen LogP contribution >= 0.6 is 0 Å². The van der Waals surface area contributed by atoms with Crippen molar-refractivity contribution in [2.24, 2.45) is 0 Å². The maximum Gasteiger partial charge on any atom is 0.150 e. The van der Waals surface area contributed by atoms with Crippen LogP contribution in [0.1, 0.15) is 45.0 Å². The summed E-state index contributed by atoms with van der Waals surface area (Å²) in [7, 11) is 0. The van der Waals surface area contributed by atoms with Gasteiger partial charge in [-0.25, -0.2) is 0 Å². The largest absolute Gasteiger partial charge is 0.298 e. The van der Waals surface area contributed by atoms with E-state index in [9.17, 15) is 4.79 Å². The molecule has 4 rings (SSSR count). The van der Waals surface area contributed by atoms with Gasteiger partial charge in [0.05, 0.1) is 22.7 Å². The van der Waals surface area contributed by atoms with Gasteiger partial charge in [-0.15, -0.1) is 0 Å². The van der Waals surface area contributed by atoms with E-state index in [-0.39, 0.29) is 1.43 Å². The summed E-state index contributed by atoms with van der Waals surface area (Å²) in [5.74, 6) is 0. The molecule has 0 aliphatic carbocycles. The standard InChI is InChI=1S/C10H6N2.C10H7NO.2C2H6.H2/c11-7-8-3-4-10-9(6-8)2-1-5-12-10;12-7-8-3-4-10-9(6-8)2-1-5-11-10;2*1-2;/h1-6H;1-7H;2*1-2H3;1H. The maximum atomic E-state index is 10.4. The van der Waals surface area contributed by atoms with Gasteiger partial charge in [0.25, 0.3) is 0 Å². The Morgan fingerprint density at radius 1 is 0.821 bits per heavy atom. The number of nitriles is 1. The first-order valence-corrected chi connectivity index (χ1v) is 9.35. The van der Waals surface area contributed by atoms with Crippen LogP contribution in [0.4, 0.5) is 0 Å². The lowest BCUT2D eigenvalue weighted by molar-refractivity contribution is 0.112. The molecule has 2 aromatic heterocycles. The average Bonchev–Trinajstić information content (AvgIpc) is 2.81. The number of nitrogens with zero attached hydrogens (tertiary/aromatic N) is 3. The van der Waals surface area contributed by atoms with Gasteiger partial charge in [-0.1, -0.05) is 39.8 Å². The van der Waals surface area contributed by atoms with Gasteiger partial charge in [0.1, 0.15) is 6.29 Å². The number of benzene rings is 2. The molecule has 4 aromatic rings. The Morgan fingerprint density at radius 2 is 1.36 bits per heavy atom. The lowest BCUT2D eigenvalue weighted by Crippen LogP contribution is -1.81. The third-order valence-electron chi connectivity index (χ3n) is 3.50. The van der Waals surface area contributed by atoms with Crippen LogP contribution in [0.25, 0.3) is 21.8 Å². The van der Waals surface area contributed by atoms with Crippen LogP contribution in [-0.2, 0) is 0 Å². The van der Waals surface area contributed by atoms with Gasteiger partial charge < -0.3 is 0 Å². The van der Waals surface area contributed by atoms with Gasteiger partial charge in [-0.05, 0) is 48.5 Å². The number of pyridine rings is 2. The summed E-state index contributed by atoms with van der Waals surface area (Å²) in [6, 6.07) is 20.6. The van der Waals surface area contributed by atoms with Crippen LogP contribution in [0.15, 0.2) is 73.1 Å². The normalized spacial score (nSPS) is 8.82. The predicted molar refractivity (Wildman–Crippen MR) is 118 cm³/mol. The molecule has 2 aromatic carbocycles. The third kappa shape index (κ3) is 6.30. The van der Waals surface area contributed by atoms with Crippen molar-refractivity contribution in [1.82, 2.24) is 9.97 Å². The fourth-order valence-electron chi connectivity index (χ4n) is 2.31. The van der Waals surface area contributed by atoms with Crippen molar-refractivity contribution in [3.63, 3.8) is 0 Å². The minimum absolute atomic E-state index is 0. The summed E-state index contributed by atoms with van der Waals surface area (Å²) in [5.41, 5.74) is 3.21. The molecule has 0 radical (unpaired) electrons. The Hall–Kier alpha value is -3.58. The van der Waals surface area contributed by atoms with Crippen molar-refractivity contribution in [3.8, 4) is 6.07 Å². The number of aromatic nitrogens is 2. The second kappa shape index (κ2) is 12.7. The molecule has 144 valence electrons. The van der Waals surface area contributed by atoms with Gasteiger partial charge in [0.2, 0.25) is 0 Å². The summed E-state index contributed by atoms with van der Waals surface area (Å²) in [5, 5.41) is 10.6. The highest BCUT2D eigenvalue weighted by Gasteiger charge is 1.94. The first-order valence-electron chi connectivity index (χ1n) is 9.35. The van der Waals surface area contributed by atoms with Gasteiger partial charge in [0.15, 0.2) is 0 Å². The highest BCUT2D eigenvalue weighted by Crippen LogP contribution is 2.12. The minimum atomic E-state index is 0. The molecule has 2 heterocycles. The molecule has 0 bridgehead atoms. The second-order valence-corrected chi connectivity index (χ2v) is 5.10. The summed E-state index contributed by atoms with van der Waals surface area (Å²) in [4.78, 5) is 18.7. The molecule has 0 spiro atoms. The van der Waals surface area contributed by atoms with E-state index in [4.69, 9.17) is 5.26 Å². The fraction of sp³-hybridized carbons (Fsp3) is 0.167. The molecular formula is C24H27N3O. The second-order valence-electron chi connectivity index (χ2n) is 5.10. The van der Waals surface area contributed by atoms with Crippen LogP contribution in [0.3, 0.4) is 0 Å². The zero-order valence-corrected chi connectivity index (χ0v) is 16.8. The molecule has 0 saturated heterocycles. The summed E-state index contributed by atoms with van der Waals surface area (Å²) >= 11 is 0. The smallest absolute Gasteiger partial charge is 0.150 e. The summed E-state index contributed by atoms with van der Waals surface area (Å²) in [6.45, 7) is 8.00. The van der Waals surface area contributed by atoms with E-state index in [1.807, 2.05) is 76.2 Å². The molecular weight excluding hydrogens is 346 g/mol. The predicted octanol–water partition coefficient (Wildman–Crippen LogP) is 6.45. The van der Waals surface area contributed by atoms with E-state index >= 15 is 0 Å². The van der Waals surface area contributed by atoms with Crippen LogP contribution < -0.4 is 0 Å². The Morgan fingerprint density at radius 3 is 1.89 bits per heavy atom. The first kappa shape index (κ1) is 22.5. The van der Waals surface area contributed by atoms with Crippen LogP contribution in [0.2, 0.25) is 0 Å². The van der Waals surface area contributed by atoms with Crippen molar-refractivity contribution in [3.05, 3.63) is 84.2 Å². The number of fused-ring (bicyclic) bond motifs is 2. The van der Waals surface area contributed by atoms with Gasteiger partial charge in [0, 0.05) is 30.2 Å². The molecule has 0 atom stereocenters. The van der Waals surface area contributed by atoms with Crippen LogP contribution in [0, 0.1) is 11.3 Å². The van der Waals surface area contributed by atoms with E-state index in [1.165, 1.54) is 0 Å². The number of hydrogen-bond acceptors (Lipinski definition) is 4. The van der Waals surface area contributed by atoms with Crippen molar-refractivity contribution >= 4 is 28.1 Å². The lowest BCUT2D eigenvalue weighted by Gasteiger charge is -1.95. The lowest BCUT2D eigenvalue weighted by atomic mass is 10.1. The van der Waals surface area contributed by atoms with E-state index in [0.29, 0.717) is 11.1 Å². The quantitative estimate of drug-likeness (QED) is 0.359. The topological polar surface area (TPSA) is 66.6 Å². The molecule has 0 saturated carbocycles. The molecule has 0 N–H and O–H groups in total. The number of carbonyl (C=O) groups is 1. The maximum absolute atomic E-state index is 10.4. The summed E-state index contributed by atoms with van der Waals surface area (Å²) in [6.07, 6.45) is 4.32. The Bertz CT molecular complexity index is 1060. The van der Waals surface area contributed by atoms with E-state index < -0.39 is 0 Å². The SMILES string of the molecule is CC.CC.N#Cc1ccc2ncccc2c1.O=Cc1ccc2ncccc2c1.[HH]. The number of rotatable bonds is 1. The number of hydrogen-bond donors (Lipinski definition) is 0. The number of carbonyl (C=O) groups excluding carboxylic acids is 1. The third-order valence-corrected chi connectivity index (χ3v) is 3.50. The van der Waals surface area contributed by atoms with Crippen molar-refractivity contribution in [1.29, 1.82) is 5.26 Å². The van der Waals surface area contributed by atoms with E-state index in [0.717, 1.165) is 28.1 Å². The zero-order valence-electron chi connectivity index (χ0n) is 16.8. The zero-order chi connectivity index (χ0) is 20.8. The van der Waals surface area contributed by atoms with Gasteiger partial charge in [-0.2, -0.15) is 5.26 Å². The van der Waals surface area contributed by atoms with Crippen molar-refractivity contribution < 1.29 is 6.22 Å². The molecule has 4 nitrogen and oxygen atoms in total. The van der Waals surface area contributed by atoms with E-state index in [2.05, 4.69) is 16.0 Å². The molecule has 0 aliphatic heterocycles. The molecule has 28 heavy (non-hydrogen) atoms. The Labute approximate surface area is 168 Å². The van der Waals surface area contributed by atoms with Crippen molar-refractivity contribution in [2.45, 2.75) is 27.7 Å². The fourth-order valence-corrected chi connectivity index (χ4v) is 2.31. The minimum Gasteiger partial charge on any atom is -0.298 e. The first-order chi connectivity index (χ1) is 13.8. The highest BCUT2D eigenvalue weighted by atomic mass is 16.1. The average molecular weight is 374 g/mol.